The molecule has 1 saturated carbocycles. The first kappa shape index (κ1) is 22.7. The number of halogens is 3. The molecule has 0 spiro atoms. The maximum absolute atomic E-state index is 12.9. The molecule has 1 N–H and O–H groups in total. The zero-order valence-electron chi connectivity index (χ0n) is 16.3. The predicted molar refractivity (Wildman–Crippen MR) is 99.9 cm³/mol. The summed E-state index contributed by atoms with van der Waals surface area (Å²) in [6.07, 6.45) is -3.51. The number of hydrogen-bond donors (Lipinski definition) is 1. The number of rotatable bonds is 6. The highest BCUT2D eigenvalue weighted by Gasteiger charge is 2.43. The molecule has 28 heavy (non-hydrogen) atoms. The van der Waals surface area contributed by atoms with E-state index in [0.29, 0.717) is 18.4 Å². The summed E-state index contributed by atoms with van der Waals surface area (Å²) in [6.45, 7) is 3.69. The van der Waals surface area contributed by atoms with Crippen LogP contribution in [0.25, 0.3) is 0 Å². The second-order valence-electron chi connectivity index (χ2n) is 7.58. The molecule has 0 heterocycles. The van der Waals surface area contributed by atoms with Gasteiger partial charge in [0.05, 0.1) is 10.8 Å². The molecular weight excluding hydrogens is 393 g/mol. The molecule has 158 valence electrons. The van der Waals surface area contributed by atoms with E-state index in [1.54, 1.807) is 26.0 Å². The van der Waals surface area contributed by atoms with Crippen LogP contribution in [0.3, 0.4) is 0 Å². The van der Waals surface area contributed by atoms with Crippen molar-refractivity contribution in [3.63, 3.8) is 0 Å². The van der Waals surface area contributed by atoms with Crippen molar-refractivity contribution in [1.82, 2.24) is 9.62 Å². The zero-order chi connectivity index (χ0) is 21.1. The summed E-state index contributed by atoms with van der Waals surface area (Å²) in [5.41, 5.74) is 0.683. The minimum Gasteiger partial charge on any atom is -0.352 e. The second kappa shape index (κ2) is 8.82. The fraction of sp³-hybridized carbons (Fsp3) is 0.632. The van der Waals surface area contributed by atoms with E-state index in [4.69, 9.17) is 0 Å². The van der Waals surface area contributed by atoms with Crippen LogP contribution in [-0.4, -0.2) is 37.9 Å². The third-order valence-electron chi connectivity index (χ3n) is 5.30. The van der Waals surface area contributed by atoms with Crippen LogP contribution >= 0.6 is 0 Å². The summed E-state index contributed by atoms with van der Waals surface area (Å²) < 4.78 is 64.8. The van der Waals surface area contributed by atoms with Crippen molar-refractivity contribution in [3.05, 3.63) is 29.8 Å². The quantitative estimate of drug-likeness (QED) is 0.763. The van der Waals surface area contributed by atoms with Crippen LogP contribution in [0.1, 0.15) is 45.1 Å². The van der Waals surface area contributed by atoms with Crippen molar-refractivity contribution in [2.75, 3.05) is 7.05 Å². The Bertz CT molecular complexity index is 777. The Balaban J connectivity index is 1.95. The van der Waals surface area contributed by atoms with E-state index in [1.165, 1.54) is 23.5 Å². The number of amides is 1. The van der Waals surface area contributed by atoms with Crippen LogP contribution in [-0.2, 0) is 21.4 Å². The number of alkyl halides is 3. The van der Waals surface area contributed by atoms with Crippen LogP contribution in [0, 0.1) is 11.8 Å². The van der Waals surface area contributed by atoms with Gasteiger partial charge in [0.15, 0.2) is 0 Å². The molecule has 0 aromatic heterocycles. The van der Waals surface area contributed by atoms with Gasteiger partial charge in [0.2, 0.25) is 15.9 Å². The van der Waals surface area contributed by atoms with Gasteiger partial charge in [0.1, 0.15) is 0 Å². The van der Waals surface area contributed by atoms with Gasteiger partial charge in [0.25, 0.3) is 0 Å². The summed E-state index contributed by atoms with van der Waals surface area (Å²) in [6, 6.07) is 5.95. The molecule has 2 atom stereocenters. The number of benzene rings is 1. The van der Waals surface area contributed by atoms with Crippen LogP contribution in [0.2, 0.25) is 0 Å². The lowest BCUT2D eigenvalue weighted by molar-refractivity contribution is -0.186. The number of nitrogens with one attached hydrogen (secondary N) is 1. The van der Waals surface area contributed by atoms with E-state index in [0.717, 1.165) is 0 Å². The lowest BCUT2D eigenvalue weighted by Gasteiger charge is -2.29. The number of carbonyl (C=O) groups is 1. The first-order valence-electron chi connectivity index (χ1n) is 9.34. The van der Waals surface area contributed by atoms with Gasteiger partial charge in [0, 0.05) is 25.6 Å². The highest BCUT2D eigenvalue weighted by atomic mass is 32.2. The Morgan fingerprint density at radius 3 is 2.36 bits per heavy atom. The molecule has 1 aliphatic rings. The van der Waals surface area contributed by atoms with Gasteiger partial charge in [-0.25, -0.2) is 8.42 Å². The average molecular weight is 420 g/mol. The van der Waals surface area contributed by atoms with Crippen molar-refractivity contribution in [3.8, 4) is 0 Å². The van der Waals surface area contributed by atoms with Crippen molar-refractivity contribution in [2.24, 2.45) is 11.8 Å². The van der Waals surface area contributed by atoms with Gasteiger partial charge >= 0.3 is 6.18 Å². The van der Waals surface area contributed by atoms with Crippen LogP contribution in [0.15, 0.2) is 29.2 Å². The van der Waals surface area contributed by atoms with Crippen LogP contribution in [0.4, 0.5) is 13.2 Å². The number of hydrogen-bond acceptors (Lipinski definition) is 3. The lowest BCUT2D eigenvalue weighted by atomic mass is 9.80. The molecule has 0 aliphatic heterocycles. The van der Waals surface area contributed by atoms with Gasteiger partial charge in [-0.05, 0) is 50.8 Å². The molecule has 1 aromatic carbocycles. The van der Waals surface area contributed by atoms with E-state index in [1.807, 2.05) is 0 Å². The molecule has 1 aromatic rings. The topological polar surface area (TPSA) is 66.5 Å². The molecule has 9 heteroatoms. The summed E-state index contributed by atoms with van der Waals surface area (Å²) in [4.78, 5) is 12.4. The molecular formula is C19H27F3N2O3S. The van der Waals surface area contributed by atoms with E-state index >= 15 is 0 Å². The van der Waals surface area contributed by atoms with Crippen LogP contribution < -0.4 is 5.32 Å². The fourth-order valence-corrected chi connectivity index (χ4v) is 4.65. The van der Waals surface area contributed by atoms with Crippen molar-refractivity contribution < 1.29 is 26.4 Å². The van der Waals surface area contributed by atoms with Crippen molar-refractivity contribution in [1.29, 1.82) is 0 Å². The minimum atomic E-state index is -4.26. The number of carbonyl (C=O) groups excluding carboxylic acids is 1. The largest absolute Gasteiger partial charge is 0.391 e. The Morgan fingerprint density at radius 1 is 1.21 bits per heavy atom. The zero-order valence-corrected chi connectivity index (χ0v) is 17.1. The summed E-state index contributed by atoms with van der Waals surface area (Å²) in [7, 11) is -2.08. The van der Waals surface area contributed by atoms with E-state index in [-0.39, 0.29) is 36.2 Å². The van der Waals surface area contributed by atoms with Crippen LogP contribution in [0.5, 0.6) is 0 Å². The van der Waals surface area contributed by atoms with Gasteiger partial charge in [-0.3, -0.25) is 4.79 Å². The number of sulfonamides is 1. The average Bonchev–Trinajstić information content (AvgIpc) is 2.65. The molecule has 0 bridgehead atoms. The first-order chi connectivity index (χ1) is 12.9. The normalized spacial score (nSPS) is 21.1. The van der Waals surface area contributed by atoms with Gasteiger partial charge in [-0.1, -0.05) is 18.6 Å². The fourth-order valence-electron chi connectivity index (χ4n) is 3.28. The standard InChI is InChI=1S/C19H27F3N2O3S/c1-13(2)24(3)28(26,27)17-9-7-14(8-10-17)12-23-18(25)15-5-4-6-16(11-15)19(20,21)22/h7-10,13,15-16H,4-6,11-12H2,1-3H3,(H,23,25). The first-order valence-corrected chi connectivity index (χ1v) is 10.8. The molecule has 0 saturated heterocycles. The van der Waals surface area contributed by atoms with Gasteiger partial charge in [-0.2, -0.15) is 17.5 Å². The predicted octanol–water partition coefficient (Wildman–Crippen LogP) is 3.70. The smallest absolute Gasteiger partial charge is 0.352 e. The van der Waals surface area contributed by atoms with Gasteiger partial charge < -0.3 is 5.32 Å². The van der Waals surface area contributed by atoms with E-state index in [9.17, 15) is 26.4 Å². The van der Waals surface area contributed by atoms with E-state index in [2.05, 4.69) is 5.32 Å². The summed E-state index contributed by atoms with van der Waals surface area (Å²) in [5, 5.41) is 2.67. The molecule has 0 radical (unpaired) electrons. The SMILES string of the molecule is CC(C)N(C)S(=O)(=O)c1ccc(CNC(=O)C2CCCC(C(F)(F)F)C2)cc1. The maximum atomic E-state index is 12.9. The number of nitrogens with zero attached hydrogens (tertiary/aromatic N) is 1. The minimum absolute atomic E-state index is 0.0774. The maximum Gasteiger partial charge on any atom is 0.391 e. The van der Waals surface area contributed by atoms with E-state index < -0.39 is 28.0 Å². The molecule has 1 fully saturated rings. The third-order valence-corrected chi connectivity index (χ3v) is 7.35. The Hall–Kier alpha value is -1.61. The summed E-state index contributed by atoms with van der Waals surface area (Å²) >= 11 is 0. The molecule has 1 aliphatic carbocycles. The van der Waals surface area contributed by atoms with Crippen molar-refractivity contribution >= 4 is 15.9 Å². The highest BCUT2D eigenvalue weighted by Crippen LogP contribution is 2.39. The third kappa shape index (κ3) is 5.47. The Morgan fingerprint density at radius 2 is 1.82 bits per heavy atom. The molecule has 2 unspecified atom stereocenters. The molecule has 1 amide bonds. The highest BCUT2D eigenvalue weighted by molar-refractivity contribution is 7.89. The lowest BCUT2D eigenvalue weighted by Crippen LogP contribution is -2.37. The Labute approximate surface area is 164 Å². The Kier molecular flexibility index (Phi) is 7.14. The summed E-state index contributed by atoms with van der Waals surface area (Å²) in [5.74, 6) is -2.44. The monoisotopic (exact) mass is 420 g/mol. The van der Waals surface area contributed by atoms with Gasteiger partial charge in [-0.15, -0.1) is 0 Å². The molecule has 2 rings (SSSR count). The molecule has 5 nitrogen and oxygen atoms in total. The van der Waals surface area contributed by atoms with Crippen molar-refractivity contribution in [2.45, 2.75) is 63.2 Å². The second-order valence-corrected chi connectivity index (χ2v) is 9.58.